The number of hydrogen-bond acceptors (Lipinski definition) is 4. The van der Waals surface area contributed by atoms with Crippen LogP contribution in [0.2, 0.25) is 0 Å². The first kappa shape index (κ1) is 13.8. The largest absolute Gasteiger partial charge is 0.378 e. The van der Waals surface area contributed by atoms with Gasteiger partial charge in [-0.1, -0.05) is 0 Å². The highest BCUT2D eigenvalue weighted by Crippen LogP contribution is 2.15. The number of nitrogens with zero attached hydrogens (tertiary/aromatic N) is 3. The predicted octanol–water partition coefficient (Wildman–Crippen LogP) is 1.45. The molecule has 3 rings (SSSR count). The van der Waals surface area contributed by atoms with Gasteiger partial charge in [0.05, 0.1) is 12.5 Å². The highest BCUT2D eigenvalue weighted by molar-refractivity contribution is 5.76. The molecule has 1 fully saturated rings. The van der Waals surface area contributed by atoms with Gasteiger partial charge in [0.25, 0.3) is 0 Å². The lowest BCUT2D eigenvalue weighted by Gasteiger charge is -2.10. The first-order valence-corrected chi connectivity index (χ1v) is 7.14. The van der Waals surface area contributed by atoms with Crippen LogP contribution in [0.5, 0.6) is 0 Å². The number of carbonyl (C=O) groups is 1. The summed E-state index contributed by atoms with van der Waals surface area (Å²) in [5.74, 6) is 0.769. The predicted molar refractivity (Wildman–Crippen MR) is 76.8 cm³/mol. The molecule has 3 heterocycles. The summed E-state index contributed by atoms with van der Waals surface area (Å²) in [6.07, 6.45) is 7.82. The molecule has 1 amide bonds. The molecule has 0 unspecified atom stereocenters. The fourth-order valence-electron chi connectivity index (χ4n) is 2.39. The second kappa shape index (κ2) is 6.49. The van der Waals surface area contributed by atoms with Crippen molar-refractivity contribution in [2.24, 2.45) is 0 Å². The number of nitrogens with one attached hydrogen (secondary N) is 1. The number of ether oxygens (including phenoxy) is 1. The standard InChI is InChI=1S/C15H18N4O2/c20-15(10-13-3-1-8-21-13)17-11-12-4-6-16-14(9-12)19-7-2-5-18-19/h2,4-7,9,13H,1,3,8,10-11H2,(H,17,20)/t13-/m0/s1. The molecule has 1 aliphatic heterocycles. The van der Waals surface area contributed by atoms with E-state index in [4.69, 9.17) is 4.74 Å². The Kier molecular flexibility index (Phi) is 4.25. The smallest absolute Gasteiger partial charge is 0.222 e. The second-order valence-corrected chi connectivity index (χ2v) is 5.09. The molecule has 110 valence electrons. The molecule has 2 aromatic heterocycles. The van der Waals surface area contributed by atoms with Crippen LogP contribution in [0.25, 0.3) is 5.82 Å². The monoisotopic (exact) mass is 286 g/mol. The lowest BCUT2D eigenvalue weighted by atomic mass is 10.1. The third-order valence-corrected chi connectivity index (χ3v) is 3.48. The molecule has 21 heavy (non-hydrogen) atoms. The molecule has 0 saturated carbocycles. The first-order valence-electron chi connectivity index (χ1n) is 7.14. The summed E-state index contributed by atoms with van der Waals surface area (Å²) in [5, 5.41) is 7.06. The minimum absolute atomic E-state index is 0.0272. The third-order valence-electron chi connectivity index (χ3n) is 3.48. The summed E-state index contributed by atoms with van der Waals surface area (Å²) in [6, 6.07) is 5.65. The summed E-state index contributed by atoms with van der Waals surface area (Å²) in [7, 11) is 0. The van der Waals surface area contributed by atoms with Crippen molar-refractivity contribution >= 4 is 5.91 Å². The fourth-order valence-corrected chi connectivity index (χ4v) is 2.39. The van der Waals surface area contributed by atoms with E-state index in [9.17, 15) is 4.79 Å². The van der Waals surface area contributed by atoms with Crippen LogP contribution in [0.1, 0.15) is 24.8 Å². The van der Waals surface area contributed by atoms with Gasteiger partial charge in [0, 0.05) is 31.7 Å². The number of rotatable bonds is 5. The quantitative estimate of drug-likeness (QED) is 0.903. The van der Waals surface area contributed by atoms with Crippen LogP contribution in [0.3, 0.4) is 0 Å². The highest BCUT2D eigenvalue weighted by Gasteiger charge is 2.18. The zero-order valence-electron chi connectivity index (χ0n) is 11.7. The normalized spacial score (nSPS) is 17.8. The van der Waals surface area contributed by atoms with Gasteiger partial charge in [0.15, 0.2) is 5.82 Å². The van der Waals surface area contributed by atoms with Gasteiger partial charge in [-0.05, 0) is 36.6 Å². The molecule has 0 radical (unpaired) electrons. The van der Waals surface area contributed by atoms with Gasteiger partial charge in [-0.3, -0.25) is 4.79 Å². The number of hydrogen-bond donors (Lipinski definition) is 1. The Labute approximate surface area is 123 Å². The van der Waals surface area contributed by atoms with Crippen molar-refractivity contribution < 1.29 is 9.53 Å². The summed E-state index contributed by atoms with van der Waals surface area (Å²) in [5.41, 5.74) is 0.996. The molecule has 1 atom stereocenters. The summed E-state index contributed by atoms with van der Waals surface area (Å²) in [6.45, 7) is 1.26. The van der Waals surface area contributed by atoms with Crippen molar-refractivity contribution in [2.75, 3.05) is 6.61 Å². The Morgan fingerprint density at radius 1 is 1.48 bits per heavy atom. The van der Waals surface area contributed by atoms with Crippen molar-refractivity contribution in [3.63, 3.8) is 0 Å². The van der Waals surface area contributed by atoms with Crippen molar-refractivity contribution in [3.05, 3.63) is 42.4 Å². The van der Waals surface area contributed by atoms with E-state index in [0.29, 0.717) is 13.0 Å². The molecule has 1 saturated heterocycles. The van der Waals surface area contributed by atoms with Gasteiger partial charge in [-0.15, -0.1) is 0 Å². The molecular weight excluding hydrogens is 268 g/mol. The molecule has 0 spiro atoms. The Morgan fingerprint density at radius 2 is 2.43 bits per heavy atom. The molecule has 1 N–H and O–H groups in total. The number of amides is 1. The van der Waals surface area contributed by atoms with Crippen LogP contribution in [0, 0.1) is 0 Å². The average Bonchev–Trinajstić information content (AvgIpc) is 3.19. The first-order chi connectivity index (χ1) is 10.3. The van der Waals surface area contributed by atoms with E-state index < -0.39 is 0 Å². The van der Waals surface area contributed by atoms with Crippen LogP contribution < -0.4 is 5.32 Å². The van der Waals surface area contributed by atoms with E-state index in [1.54, 1.807) is 17.1 Å². The van der Waals surface area contributed by atoms with Crippen LogP contribution in [0.4, 0.5) is 0 Å². The minimum Gasteiger partial charge on any atom is -0.378 e. The molecule has 0 bridgehead atoms. The van der Waals surface area contributed by atoms with E-state index in [1.165, 1.54) is 0 Å². The highest BCUT2D eigenvalue weighted by atomic mass is 16.5. The van der Waals surface area contributed by atoms with Crippen molar-refractivity contribution in [1.82, 2.24) is 20.1 Å². The lowest BCUT2D eigenvalue weighted by molar-refractivity contribution is -0.123. The fraction of sp³-hybridized carbons (Fsp3) is 0.400. The molecule has 0 aliphatic carbocycles. The third kappa shape index (κ3) is 3.66. The van der Waals surface area contributed by atoms with Crippen LogP contribution in [-0.2, 0) is 16.1 Å². The van der Waals surface area contributed by atoms with Crippen molar-refractivity contribution in [3.8, 4) is 5.82 Å². The molecule has 1 aliphatic rings. The van der Waals surface area contributed by atoms with E-state index in [1.807, 2.05) is 24.4 Å². The van der Waals surface area contributed by atoms with Crippen molar-refractivity contribution in [1.29, 1.82) is 0 Å². The number of pyridine rings is 1. The molecule has 2 aromatic rings. The van der Waals surface area contributed by atoms with Gasteiger partial charge in [0.2, 0.25) is 5.91 Å². The Balaban J connectivity index is 1.55. The van der Waals surface area contributed by atoms with Crippen molar-refractivity contribution in [2.45, 2.75) is 31.9 Å². The summed E-state index contributed by atoms with van der Waals surface area (Å²) >= 11 is 0. The summed E-state index contributed by atoms with van der Waals surface area (Å²) < 4.78 is 7.15. The maximum Gasteiger partial charge on any atom is 0.222 e. The number of aromatic nitrogens is 3. The maximum atomic E-state index is 11.9. The van der Waals surface area contributed by atoms with E-state index in [-0.39, 0.29) is 12.0 Å². The molecule has 0 aromatic carbocycles. The average molecular weight is 286 g/mol. The lowest BCUT2D eigenvalue weighted by Crippen LogP contribution is -2.26. The maximum absolute atomic E-state index is 11.9. The van der Waals surface area contributed by atoms with E-state index in [0.717, 1.165) is 30.8 Å². The zero-order chi connectivity index (χ0) is 14.5. The Bertz CT molecular complexity index is 591. The van der Waals surface area contributed by atoms with E-state index >= 15 is 0 Å². The van der Waals surface area contributed by atoms with Gasteiger partial charge in [-0.2, -0.15) is 5.10 Å². The molecular formula is C15H18N4O2. The number of carbonyl (C=O) groups excluding carboxylic acids is 1. The minimum atomic E-state index is 0.0272. The van der Waals surface area contributed by atoms with Crippen LogP contribution >= 0.6 is 0 Å². The van der Waals surface area contributed by atoms with Crippen LogP contribution in [0.15, 0.2) is 36.8 Å². The Hall–Kier alpha value is -2.21. The van der Waals surface area contributed by atoms with Gasteiger partial charge in [-0.25, -0.2) is 9.67 Å². The zero-order valence-corrected chi connectivity index (χ0v) is 11.7. The summed E-state index contributed by atoms with van der Waals surface area (Å²) in [4.78, 5) is 16.1. The van der Waals surface area contributed by atoms with Gasteiger partial charge in [0.1, 0.15) is 0 Å². The van der Waals surface area contributed by atoms with Gasteiger partial charge >= 0.3 is 0 Å². The topological polar surface area (TPSA) is 69.0 Å². The molecule has 6 nitrogen and oxygen atoms in total. The Morgan fingerprint density at radius 3 is 3.19 bits per heavy atom. The molecule has 6 heteroatoms. The van der Waals surface area contributed by atoms with Gasteiger partial charge < -0.3 is 10.1 Å². The SMILES string of the molecule is O=C(C[C@@H]1CCCO1)NCc1ccnc(-n2cccn2)c1. The van der Waals surface area contributed by atoms with Crippen LogP contribution in [-0.4, -0.2) is 33.4 Å². The van der Waals surface area contributed by atoms with E-state index in [2.05, 4.69) is 15.4 Å². The second-order valence-electron chi connectivity index (χ2n) is 5.09.